The molecule has 1 fully saturated rings. The van der Waals surface area contributed by atoms with Gasteiger partial charge in [0.2, 0.25) is 11.8 Å². The molecule has 0 radical (unpaired) electrons. The Hall–Kier alpha value is -7.02. The van der Waals surface area contributed by atoms with Crippen molar-refractivity contribution >= 4 is 107 Å². The Morgan fingerprint density at radius 3 is 1.75 bits per heavy atom. The largest absolute Gasteiger partial charge is 0.480 e. The number of para-hydroxylation sites is 1. The van der Waals surface area contributed by atoms with Crippen molar-refractivity contribution in [3.05, 3.63) is 70.9 Å². The normalized spacial score (nSPS) is 15.4. The summed E-state index contributed by atoms with van der Waals surface area (Å²) in [4.78, 5) is 139. The van der Waals surface area contributed by atoms with E-state index in [1.54, 1.807) is 0 Å². The minimum Gasteiger partial charge on any atom is -0.480 e. The highest BCUT2D eigenvalue weighted by Gasteiger charge is 2.48. The first-order chi connectivity index (χ1) is 37.9. The fourth-order valence-corrected chi connectivity index (χ4v) is 10.1. The van der Waals surface area contributed by atoms with E-state index in [1.165, 1.54) is 58.0 Å². The molecule has 11 N–H and O–H groups in total. The molecule has 0 aliphatic carbocycles. The number of likely N-dealkylation sites (N-methyl/N-ethyl adjacent to an activating group) is 2. The maximum Gasteiger partial charge on any atom is 0.469 e. The molecule has 3 atom stereocenters. The molecule has 31 heteroatoms. The smallest absolute Gasteiger partial charge is 0.469 e. The number of phosphoric acid groups is 1. The molecule has 2 aromatic rings. The Balaban J connectivity index is 1.27. The first-order valence-electron chi connectivity index (χ1n) is 25.4. The lowest BCUT2D eigenvalue weighted by Crippen LogP contribution is -2.54. The monoisotopic (exact) mass is 1190 g/mol. The molecule has 1 saturated heterocycles. The number of hydrogen-bond acceptors (Lipinski definition) is 17. The van der Waals surface area contributed by atoms with Crippen LogP contribution in [-0.4, -0.2) is 228 Å². The number of thiocarbonyl (C=S) groups is 2. The van der Waals surface area contributed by atoms with Gasteiger partial charge in [0, 0.05) is 82.3 Å². The molecule has 28 nitrogen and oxygen atoms in total. The van der Waals surface area contributed by atoms with Gasteiger partial charge in [-0.3, -0.25) is 62.6 Å². The molecule has 444 valence electrons. The van der Waals surface area contributed by atoms with Crippen molar-refractivity contribution in [2.24, 2.45) is 0 Å². The van der Waals surface area contributed by atoms with Crippen LogP contribution >= 0.6 is 32.3 Å². The fourth-order valence-electron chi connectivity index (χ4n) is 9.17. The number of hydrogen-bond donors (Lipinski definition) is 11. The molecular weight excluding hydrogens is 1120 g/mol. The zero-order valence-corrected chi connectivity index (χ0v) is 47.8. The van der Waals surface area contributed by atoms with Gasteiger partial charge >= 0.3 is 37.7 Å². The molecule has 0 saturated carbocycles. The van der Waals surface area contributed by atoms with Crippen molar-refractivity contribution in [1.82, 2.24) is 40.4 Å². The average Bonchev–Trinajstić information content (AvgIpc) is 3.58. The van der Waals surface area contributed by atoms with Crippen LogP contribution in [0.4, 0.5) is 11.4 Å². The standard InChI is InChI=1S/C50H69N10O18PS2/c1-30(78-79(75,76)77)42(47(73)74)54-48(80)52-32-16-14-31(15-17-32)24-34(46(71)72)53-37(62)26-59(29-40(67)68)23-21-57(27-38(63)64)20-22-58(28-39(65)66)25-36(61)51-18-10-6-7-11-19-60-35-13-9-8-12-33(35)50(2,3)43(60)41-44(69)55(4)49(81)56(5)45(41)70/h8-9,12-17,30,34,42H,6-7,10-11,18-29H2,1-5H3,(H,51,61)(H,53,62)(H,63,64)(H,65,66)(H,67,68)(H,71,72)(H,73,74)(H2,52,54,80)(H2,75,76,77). The Kier molecular flexibility index (Phi) is 24.8. The van der Waals surface area contributed by atoms with E-state index < -0.39 is 111 Å². The molecule has 81 heavy (non-hydrogen) atoms. The van der Waals surface area contributed by atoms with Crippen molar-refractivity contribution < 1.29 is 87.6 Å². The lowest BCUT2D eigenvalue weighted by Gasteiger charge is -2.36. The van der Waals surface area contributed by atoms with Crippen molar-refractivity contribution in [2.75, 3.05) is 96.3 Å². The van der Waals surface area contributed by atoms with E-state index in [1.807, 2.05) is 43.0 Å². The van der Waals surface area contributed by atoms with E-state index in [0.717, 1.165) is 29.5 Å². The first kappa shape index (κ1) is 66.5. The van der Waals surface area contributed by atoms with Crippen molar-refractivity contribution in [3.63, 3.8) is 0 Å². The molecule has 2 aliphatic heterocycles. The number of benzene rings is 2. The van der Waals surface area contributed by atoms with Crippen LogP contribution in [0.25, 0.3) is 0 Å². The maximum atomic E-state index is 13.6. The summed E-state index contributed by atoms with van der Waals surface area (Å²) in [7, 11) is -1.95. The zero-order chi connectivity index (χ0) is 60.5. The Bertz CT molecular complexity index is 2760. The predicted octanol–water partition coefficient (Wildman–Crippen LogP) is 0.140. The molecule has 4 rings (SSSR count). The molecule has 2 heterocycles. The van der Waals surface area contributed by atoms with E-state index in [9.17, 15) is 73.2 Å². The summed E-state index contributed by atoms with van der Waals surface area (Å²) >= 11 is 10.4. The highest BCUT2D eigenvalue weighted by Crippen LogP contribution is 2.49. The van der Waals surface area contributed by atoms with Gasteiger partial charge in [-0.1, -0.05) is 57.0 Å². The summed E-state index contributed by atoms with van der Waals surface area (Å²) in [5.74, 6) is -9.14. The minimum absolute atomic E-state index is 0.0571. The van der Waals surface area contributed by atoms with Crippen LogP contribution in [0.2, 0.25) is 0 Å². The van der Waals surface area contributed by atoms with E-state index >= 15 is 0 Å². The summed E-state index contributed by atoms with van der Waals surface area (Å²) in [6, 6.07) is 10.4. The number of amides is 4. The van der Waals surface area contributed by atoms with Gasteiger partial charge in [0.25, 0.3) is 11.8 Å². The molecule has 2 aromatic carbocycles. The summed E-state index contributed by atoms with van der Waals surface area (Å²) in [6.45, 7) is 2.48. The van der Waals surface area contributed by atoms with Gasteiger partial charge in [-0.25, -0.2) is 14.2 Å². The van der Waals surface area contributed by atoms with Gasteiger partial charge in [0.15, 0.2) is 16.3 Å². The van der Waals surface area contributed by atoms with Gasteiger partial charge in [-0.15, -0.1) is 0 Å². The Labute approximate surface area is 477 Å². The summed E-state index contributed by atoms with van der Waals surface area (Å²) in [5, 5.41) is 58.5. The number of fused-ring (bicyclic) bond motifs is 1. The number of carbonyl (C=O) groups excluding carboxylic acids is 4. The zero-order valence-electron chi connectivity index (χ0n) is 45.2. The number of carbonyl (C=O) groups is 9. The van der Waals surface area contributed by atoms with Gasteiger partial charge in [-0.05, 0) is 73.5 Å². The predicted molar refractivity (Wildman–Crippen MR) is 299 cm³/mol. The molecule has 0 spiro atoms. The minimum atomic E-state index is -5.03. The van der Waals surface area contributed by atoms with Crippen LogP contribution in [-0.2, 0) is 64.1 Å². The lowest BCUT2D eigenvalue weighted by atomic mass is 9.81. The van der Waals surface area contributed by atoms with E-state index in [2.05, 4.69) is 25.8 Å². The highest BCUT2D eigenvalue weighted by atomic mass is 32.1. The second-order valence-corrected chi connectivity index (χ2v) is 21.7. The quantitative estimate of drug-likeness (QED) is 0.0149. The number of unbranched alkanes of at least 4 members (excludes halogenated alkanes) is 3. The molecule has 3 unspecified atom stereocenters. The van der Waals surface area contributed by atoms with Gasteiger partial charge in [-0.2, -0.15) is 0 Å². The third-order valence-corrected chi connectivity index (χ3v) is 14.5. The lowest BCUT2D eigenvalue weighted by molar-refractivity contribution is -0.143. The number of phosphoric ester groups is 1. The van der Waals surface area contributed by atoms with Crippen LogP contribution in [0, 0.1) is 0 Å². The van der Waals surface area contributed by atoms with Crippen molar-refractivity contribution in [3.8, 4) is 0 Å². The second-order valence-electron chi connectivity index (χ2n) is 19.7. The molecule has 2 aliphatic rings. The molecule has 0 aromatic heterocycles. The number of carboxylic acid groups (broad SMARTS) is 5. The Morgan fingerprint density at radius 2 is 1.22 bits per heavy atom. The van der Waals surface area contributed by atoms with Crippen LogP contribution in [0.3, 0.4) is 0 Å². The maximum absolute atomic E-state index is 13.6. The number of allylic oxidation sites excluding steroid dienone is 1. The van der Waals surface area contributed by atoms with Crippen LogP contribution in [0.5, 0.6) is 0 Å². The van der Waals surface area contributed by atoms with Crippen molar-refractivity contribution in [1.29, 1.82) is 0 Å². The average molecular weight is 1190 g/mol. The summed E-state index contributed by atoms with van der Waals surface area (Å²) in [5.41, 5.74) is 2.53. The summed E-state index contributed by atoms with van der Waals surface area (Å²) < 4.78 is 15.6. The highest BCUT2D eigenvalue weighted by molar-refractivity contribution is 7.80. The van der Waals surface area contributed by atoms with Gasteiger partial charge in [0.1, 0.15) is 11.6 Å². The third-order valence-electron chi connectivity index (χ3n) is 13.1. The van der Waals surface area contributed by atoms with Crippen LogP contribution in [0.15, 0.2) is 59.8 Å². The number of carboxylic acids is 5. The molecule has 0 bridgehead atoms. The first-order valence-corrected chi connectivity index (χ1v) is 27.7. The summed E-state index contributed by atoms with van der Waals surface area (Å²) in [6.07, 6.45) is 0.915. The third kappa shape index (κ3) is 20.2. The topological polar surface area (TPSA) is 389 Å². The van der Waals surface area contributed by atoms with Gasteiger partial charge < -0.3 is 61.5 Å². The van der Waals surface area contributed by atoms with Crippen molar-refractivity contribution in [2.45, 2.75) is 76.5 Å². The number of nitrogens with one attached hydrogen (secondary N) is 4. The van der Waals surface area contributed by atoms with E-state index in [0.29, 0.717) is 42.8 Å². The molecule has 4 amide bonds. The van der Waals surface area contributed by atoms with E-state index in [4.69, 9.17) is 34.2 Å². The SMILES string of the molecule is CC(OP(=O)(O)O)C(NC(=S)Nc1ccc(CC(NC(=O)CN(CCN(CCN(CC(=O)O)CC(=O)NCCCCCCN2C(=C3C(=O)N(C)C(=S)N(C)C3=O)C(C)(C)c3ccccc32)CC(=O)O)CC(=O)O)C(=O)O)cc1)C(=O)O. The van der Waals surface area contributed by atoms with E-state index in [-0.39, 0.29) is 61.5 Å². The van der Waals surface area contributed by atoms with Gasteiger partial charge in [0.05, 0.1) is 38.8 Å². The van der Waals surface area contributed by atoms with Crippen LogP contribution in [0.1, 0.15) is 57.6 Å². The number of rotatable bonds is 33. The number of aliphatic carboxylic acids is 5. The fraction of sp³-hybridized carbons (Fsp3) is 0.500. The number of nitrogens with zero attached hydrogens (tertiary/aromatic N) is 6. The van der Waals surface area contributed by atoms with Crippen LogP contribution < -0.4 is 26.2 Å². The Morgan fingerprint density at radius 1 is 0.704 bits per heavy atom. The molecular formula is C50H69N10O18PS2. The second kappa shape index (κ2) is 30.2. The number of anilines is 2.